The maximum absolute atomic E-state index is 13.1. The molecule has 4 N–H and O–H groups in total. The molecule has 1 aromatic heterocycles. The Labute approximate surface area is 123 Å². The number of anilines is 2. The molecule has 0 radical (unpaired) electrons. The van der Waals surface area contributed by atoms with Crippen molar-refractivity contribution in [3.8, 4) is 0 Å². The Morgan fingerprint density at radius 1 is 1.25 bits per heavy atom. The zero-order chi connectivity index (χ0) is 14.7. The third-order valence-corrected chi connectivity index (χ3v) is 3.03. The van der Waals surface area contributed by atoms with Crippen molar-refractivity contribution in [3.63, 3.8) is 0 Å². The van der Waals surface area contributed by atoms with Gasteiger partial charge in [0.15, 0.2) is 5.82 Å². The van der Waals surface area contributed by atoms with Crippen molar-refractivity contribution >= 4 is 40.6 Å². The molecule has 5 nitrogen and oxygen atoms in total. The van der Waals surface area contributed by atoms with Gasteiger partial charge in [0.05, 0.1) is 21.3 Å². The van der Waals surface area contributed by atoms with Gasteiger partial charge in [-0.05, 0) is 24.3 Å². The van der Waals surface area contributed by atoms with Crippen molar-refractivity contribution in [1.29, 1.82) is 0 Å². The predicted octanol–water partition coefficient (Wildman–Crippen LogP) is 3.07. The van der Waals surface area contributed by atoms with Gasteiger partial charge < -0.3 is 10.7 Å². The number of rotatable bonds is 3. The number of amides is 1. The van der Waals surface area contributed by atoms with Gasteiger partial charge in [-0.3, -0.25) is 4.79 Å². The van der Waals surface area contributed by atoms with Gasteiger partial charge in [0, 0.05) is 6.20 Å². The van der Waals surface area contributed by atoms with E-state index < -0.39 is 11.7 Å². The van der Waals surface area contributed by atoms with E-state index in [4.69, 9.17) is 29.0 Å². The minimum Gasteiger partial charge on any atom is -0.320 e. The fourth-order valence-electron chi connectivity index (χ4n) is 1.46. The van der Waals surface area contributed by atoms with E-state index >= 15 is 0 Å². The highest BCUT2D eigenvalue weighted by molar-refractivity contribution is 6.34. The number of benzene rings is 1. The molecule has 0 saturated carbocycles. The van der Waals surface area contributed by atoms with E-state index in [1.54, 1.807) is 0 Å². The van der Waals surface area contributed by atoms with Gasteiger partial charge in [-0.2, -0.15) is 0 Å². The van der Waals surface area contributed by atoms with Crippen LogP contribution in [0.3, 0.4) is 0 Å². The molecule has 104 valence electrons. The molecule has 1 aromatic carbocycles. The van der Waals surface area contributed by atoms with E-state index in [1.807, 2.05) is 0 Å². The largest absolute Gasteiger partial charge is 0.320 e. The van der Waals surface area contributed by atoms with Gasteiger partial charge in [0.2, 0.25) is 0 Å². The normalized spacial score (nSPS) is 10.2. The van der Waals surface area contributed by atoms with Gasteiger partial charge in [-0.15, -0.1) is 0 Å². The quantitative estimate of drug-likeness (QED) is 0.601. The average molecular weight is 315 g/mol. The summed E-state index contributed by atoms with van der Waals surface area (Å²) in [5.74, 6) is 4.39. The third kappa shape index (κ3) is 3.16. The number of halogens is 3. The fourth-order valence-corrected chi connectivity index (χ4v) is 1.84. The number of aromatic nitrogens is 1. The molecule has 0 bridgehead atoms. The first-order chi connectivity index (χ1) is 9.51. The first-order valence-corrected chi connectivity index (χ1v) is 6.15. The topological polar surface area (TPSA) is 80.0 Å². The van der Waals surface area contributed by atoms with Gasteiger partial charge >= 0.3 is 0 Å². The minimum absolute atomic E-state index is 0.161. The fraction of sp³-hybridized carbons (Fsp3) is 0. The third-order valence-electron chi connectivity index (χ3n) is 2.42. The molecule has 8 heteroatoms. The van der Waals surface area contributed by atoms with Crippen molar-refractivity contribution in [2.45, 2.75) is 0 Å². The summed E-state index contributed by atoms with van der Waals surface area (Å²) in [6, 6.07) is 5.04. The zero-order valence-electron chi connectivity index (χ0n) is 9.95. The number of carbonyl (C=O) groups excluding carboxylic acids is 1. The van der Waals surface area contributed by atoms with Crippen molar-refractivity contribution < 1.29 is 9.18 Å². The minimum atomic E-state index is -0.518. The van der Waals surface area contributed by atoms with E-state index in [0.717, 1.165) is 6.07 Å². The maximum Gasteiger partial charge on any atom is 0.257 e. The summed E-state index contributed by atoms with van der Waals surface area (Å²) >= 11 is 11.7. The van der Waals surface area contributed by atoms with Crippen LogP contribution in [0, 0.1) is 5.82 Å². The molecule has 0 spiro atoms. The van der Waals surface area contributed by atoms with Crippen molar-refractivity contribution in [2.75, 3.05) is 10.7 Å². The molecule has 0 aliphatic rings. The molecule has 20 heavy (non-hydrogen) atoms. The maximum atomic E-state index is 13.1. The highest BCUT2D eigenvalue weighted by atomic mass is 35.5. The van der Waals surface area contributed by atoms with Gasteiger partial charge in [0.25, 0.3) is 5.91 Å². The van der Waals surface area contributed by atoms with Crippen LogP contribution in [0.1, 0.15) is 10.4 Å². The molecule has 0 unspecified atom stereocenters. The van der Waals surface area contributed by atoms with Crippen LogP contribution in [0.25, 0.3) is 0 Å². The monoisotopic (exact) mass is 314 g/mol. The number of nitrogens with zero attached hydrogens (tertiary/aromatic N) is 1. The lowest BCUT2D eigenvalue weighted by atomic mass is 10.2. The lowest BCUT2D eigenvalue weighted by Gasteiger charge is -2.08. The summed E-state index contributed by atoms with van der Waals surface area (Å²) in [4.78, 5) is 15.9. The number of pyridine rings is 1. The van der Waals surface area contributed by atoms with Crippen molar-refractivity contribution in [1.82, 2.24) is 4.98 Å². The number of nitrogen functional groups attached to an aromatic ring is 1. The molecular weight excluding hydrogens is 306 g/mol. The molecule has 1 amide bonds. The highest BCUT2D eigenvalue weighted by Crippen LogP contribution is 2.24. The van der Waals surface area contributed by atoms with E-state index in [1.165, 1.54) is 24.4 Å². The molecule has 2 aromatic rings. The molecule has 0 aliphatic carbocycles. The lowest BCUT2D eigenvalue weighted by molar-refractivity contribution is 0.102. The highest BCUT2D eigenvalue weighted by Gasteiger charge is 2.12. The SMILES string of the molecule is NNc1ncc(C(=O)Nc2cc(F)ccc2Cl)cc1Cl. The smallest absolute Gasteiger partial charge is 0.257 e. The number of hydrogen-bond donors (Lipinski definition) is 3. The van der Waals surface area contributed by atoms with E-state index in [9.17, 15) is 9.18 Å². The van der Waals surface area contributed by atoms with Crippen molar-refractivity contribution in [3.05, 3.63) is 51.9 Å². The van der Waals surface area contributed by atoms with Crippen LogP contribution < -0.4 is 16.6 Å². The number of hydrogen-bond acceptors (Lipinski definition) is 4. The van der Waals surface area contributed by atoms with E-state index in [0.29, 0.717) is 0 Å². The molecule has 1 heterocycles. The van der Waals surface area contributed by atoms with Crippen LogP contribution in [0.5, 0.6) is 0 Å². The van der Waals surface area contributed by atoms with Crippen molar-refractivity contribution in [2.24, 2.45) is 5.84 Å². The molecule has 2 rings (SSSR count). The molecule has 0 saturated heterocycles. The molecule has 0 fully saturated rings. The predicted molar refractivity (Wildman–Crippen MR) is 76.4 cm³/mol. The van der Waals surface area contributed by atoms with Gasteiger partial charge in [-0.1, -0.05) is 23.2 Å². The Balaban J connectivity index is 2.24. The summed E-state index contributed by atoms with van der Waals surface area (Å²) < 4.78 is 13.1. The van der Waals surface area contributed by atoms with Crippen LogP contribution in [0.2, 0.25) is 10.0 Å². The Kier molecular flexibility index (Phi) is 4.39. The molecule has 0 atom stereocenters. The Bertz CT molecular complexity index is 666. The second-order valence-electron chi connectivity index (χ2n) is 3.78. The standard InChI is InChI=1S/C12H9Cl2FN4O/c13-8-2-1-7(15)4-10(8)18-12(20)6-3-9(14)11(19-16)17-5-6/h1-5H,16H2,(H,17,19)(H,18,20). The Hall–Kier alpha value is -1.89. The van der Waals surface area contributed by atoms with E-state index in [-0.39, 0.29) is 27.1 Å². The lowest BCUT2D eigenvalue weighted by Crippen LogP contribution is -2.14. The average Bonchev–Trinajstić information content (AvgIpc) is 2.42. The number of carbonyl (C=O) groups is 1. The second kappa shape index (κ2) is 6.04. The van der Waals surface area contributed by atoms with Gasteiger partial charge in [-0.25, -0.2) is 15.2 Å². The number of nitrogens with two attached hydrogens (primary N) is 1. The number of hydrazine groups is 1. The first kappa shape index (κ1) is 14.5. The van der Waals surface area contributed by atoms with Gasteiger partial charge in [0.1, 0.15) is 5.82 Å². The summed E-state index contributed by atoms with van der Waals surface area (Å²) in [6.07, 6.45) is 1.28. The molecular formula is C12H9Cl2FN4O. The van der Waals surface area contributed by atoms with E-state index in [2.05, 4.69) is 15.7 Å². The summed E-state index contributed by atoms with van der Waals surface area (Å²) in [6.45, 7) is 0. The Morgan fingerprint density at radius 3 is 2.65 bits per heavy atom. The van der Waals surface area contributed by atoms with Crippen LogP contribution in [-0.4, -0.2) is 10.9 Å². The van der Waals surface area contributed by atoms with Crippen LogP contribution in [-0.2, 0) is 0 Å². The Morgan fingerprint density at radius 2 is 2.00 bits per heavy atom. The van der Waals surface area contributed by atoms with Crippen LogP contribution >= 0.6 is 23.2 Å². The van der Waals surface area contributed by atoms with Crippen LogP contribution in [0.15, 0.2) is 30.5 Å². The van der Waals surface area contributed by atoms with Crippen LogP contribution in [0.4, 0.5) is 15.9 Å². The summed E-state index contributed by atoms with van der Waals surface area (Å²) in [7, 11) is 0. The first-order valence-electron chi connectivity index (χ1n) is 5.40. The zero-order valence-corrected chi connectivity index (χ0v) is 11.5. The summed E-state index contributed by atoms with van der Waals surface area (Å²) in [5.41, 5.74) is 2.63. The summed E-state index contributed by atoms with van der Waals surface area (Å²) in [5, 5.41) is 2.88. The number of nitrogens with one attached hydrogen (secondary N) is 2. The molecule has 0 aliphatic heterocycles. The second-order valence-corrected chi connectivity index (χ2v) is 4.59.